The topological polar surface area (TPSA) is 59.6 Å². The summed E-state index contributed by atoms with van der Waals surface area (Å²) in [5.74, 6) is 1.01. The van der Waals surface area contributed by atoms with Gasteiger partial charge in [0.05, 0.1) is 32.1 Å². The smallest absolute Gasteiger partial charge is 0.243 e. The number of rotatable bonds is 6. The Bertz CT molecular complexity index is 662. The van der Waals surface area contributed by atoms with E-state index in [1.165, 1.54) is 7.11 Å². The summed E-state index contributed by atoms with van der Waals surface area (Å²) < 4.78 is 10.4. The fraction of sp³-hybridized carbons (Fsp3) is 0.188. The Labute approximate surface area is 134 Å². The van der Waals surface area contributed by atoms with Crippen LogP contribution in [0.25, 0.3) is 0 Å². The summed E-state index contributed by atoms with van der Waals surface area (Å²) >= 11 is 5.93. The zero-order valence-corrected chi connectivity index (χ0v) is 13.1. The molecule has 0 spiro atoms. The lowest BCUT2D eigenvalue weighted by atomic mass is 10.2. The minimum Gasteiger partial charge on any atom is -0.495 e. The van der Waals surface area contributed by atoms with E-state index >= 15 is 0 Å². The molecule has 2 aromatic carbocycles. The zero-order valence-electron chi connectivity index (χ0n) is 12.4. The number of carbonyl (C=O) groups excluding carboxylic acids is 1. The van der Waals surface area contributed by atoms with Crippen LogP contribution in [0, 0.1) is 0 Å². The fourth-order valence-electron chi connectivity index (χ4n) is 1.94. The largest absolute Gasteiger partial charge is 0.495 e. The molecule has 0 radical (unpaired) electrons. The third-order valence-corrected chi connectivity index (χ3v) is 3.22. The van der Waals surface area contributed by atoms with E-state index in [2.05, 4.69) is 10.6 Å². The Morgan fingerprint density at radius 3 is 2.45 bits per heavy atom. The first-order chi connectivity index (χ1) is 10.6. The second-order valence-corrected chi connectivity index (χ2v) is 4.88. The summed E-state index contributed by atoms with van der Waals surface area (Å²) in [5, 5.41) is 6.31. The van der Waals surface area contributed by atoms with Crippen LogP contribution in [0.4, 0.5) is 11.4 Å². The monoisotopic (exact) mass is 320 g/mol. The standard InChI is InChI=1S/C16H17ClN2O3/c1-21-14-6-4-3-5-12(14)18-10-16(20)19-13-9-11(17)7-8-15(13)22-2/h3-9,18H,10H2,1-2H3,(H,19,20). The van der Waals surface area contributed by atoms with Crippen molar-refractivity contribution in [2.75, 3.05) is 31.4 Å². The van der Waals surface area contributed by atoms with E-state index in [0.717, 1.165) is 5.69 Å². The lowest BCUT2D eigenvalue weighted by Crippen LogP contribution is -2.22. The molecule has 6 heteroatoms. The molecule has 2 rings (SSSR count). The molecule has 0 aromatic heterocycles. The molecule has 0 unspecified atom stereocenters. The first-order valence-corrected chi connectivity index (χ1v) is 7.02. The maximum Gasteiger partial charge on any atom is 0.243 e. The van der Waals surface area contributed by atoms with Crippen molar-refractivity contribution < 1.29 is 14.3 Å². The van der Waals surface area contributed by atoms with Crippen LogP contribution in [-0.2, 0) is 4.79 Å². The van der Waals surface area contributed by atoms with Gasteiger partial charge in [0.1, 0.15) is 11.5 Å². The number of anilines is 2. The van der Waals surface area contributed by atoms with Gasteiger partial charge in [0.15, 0.2) is 0 Å². The van der Waals surface area contributed by atoms with E-state index < -0.39 is 0 Å². The van der Waals surface area contributed by atoms with Gasteiger partial charge in [-0.05, 0) is 30.3 Å². The minimum absolute atomic E-state index is 0.0933. The molecule has 1 amide bonds. The Hall–Kier alpha value is -2.40. The summed E-state index contributed by atoms with van der Waals surface area (Å²) in [6.45, 7) is 0.0933. The van der Waals surface area contributed by atoms with Gasteiger partial charge < -0.3 is 20.1 Å². The van der Waals surface area contributed by atoms with Crippen molar-refractivity contribution in [1.29, 1.82) is 0 Å². The molecule has 0 aliphatic rings. The Morgan fingerprint density at radius 1 is 1.05 bits per heavy atom. The molecule has 116 valence electrons. The van der Waals surface area contributed by atoms with E-state index in [0.29, 0.717) is 22.2 Å². The average molecular weight is 321 g/mol. The number of hydrogen-bond donors (Lipinski definition) is 2. The van der Waals surface area contributed by atoms with E-state index in [-0.39, 0.29) is 12.5 Å². The predicted molar refractivity (Wildman–Crippen MR) is 88.1 cm³/mol. The van der Waals surface area contributed by atoms with Crippen LogP contribution in [0.15, 0.2) is 42.5 Å². The first-order valence-electron chi connectivity index (χ1n) is 6.64. The van der Waals surface area contributed by atoms with Crippen LogP contribution >= 0.6 is 11.6 Å². The van der Waals surface area contributed by atoms with Gasteiger partial charge >= 0.3 is 0 Å². The molecule has 0 heterocycles. The van der Waals surface area contributed by atoms with Crippen LogP contribution < -0.4 is 20.1 Å². The fourth-order valence-corrected chi connectivity index (χ4v) is 2.11. The van der Waals surface area contributed by atoms with E-state index in [4.69, 9.17) is 21.1 Å². The molecule has 22 heavy (non-hydrogen) atoms. The van der Waals surface area contributed by atoms with Crippen LogP contribution in [0.3, 0.4) is 0 Å². The number of hydrogen-bond acceptors (Lipinski definition) is 4. The second kappa shape index (κ2) is 7.56. The summed E-state index contributed by atoms with van der Waals surface area (Å²) in [6.07, 6.45) is 0. The minimum atomic E-state index is -0.216. The van der Waals surface area contributed by atoms with Gasteiger partial charge in [0.2, 0.25) is 5.91 Å². The zero-order chi connectivity index (χ0) is 15.9. The highest BCUT2D eigenvalue weighted by molar-refractivity contribution is 6.31. The molecular weight excluding hydrogens is 304 g/mol. The lowest BCUT2D eigenvalue weighted by molar-refractivity contribution is -0.114. The molecule has 0 fully saturated rings. The van der Waals surface area contributed by atoms with Crippen LogP contribution in [0.1, 0.15) is 0 Å². The molecule has 0 saturated heterocycles. The van der Waals surface area contributed by atoms with Gasteiger partial charge in [-0.2, -0.15) is 0 Å². The molecule has 0 saturated carbocycles. The number of ether oxygens (including phenoxy) is 2. The van der Waals surface area contributed by atoms with Crippen molar-refractivity contribution in [3.05, 3.63) is 47.5 Å². The number of benzene rings is 2. The number of carbonyl (C=O) groups is 1. The summed E-state index contributed by atoms with van der Waals surface area (Å²) in [7, 11) is 3.11. The van der Waals surface area contributed by atoms with Crippen LogP contribution in [-0.4, -0.2) is 26.7 Å². The van der Waals surface area contributed by atoms with Gasteiger partial charge in [-0.1, -0.05) is 23.7 Å². The Morgan fingerprint density at radius 2 is 1.73 bits per heavy atom. The maximum atomic E-state index is 12.1. The number of halogens is 1. The third-order valence-electron chi connectivity index (χ3n) is 2.98. The molecular formula is C16H17ClN2O3. The summed E-state index contributed by atoms with van der Waals surface area (Å²) in [5.41, 5.74) is 1.28. The lowest BCUT2D eigenvalue weighted by Gasteiger charge is -2.13. The molecule has 0 atom stereocenters. The van der Waals surface area contributed by atoms with E-state index in [1.54, 1.807) is 25.3 Å². The number of nitrogens with one attached hydrogen (secondary N) is 2. The third kappa shape index (κ3) is 4.05. The molecule has 0 aliphatic heterocycles. The quantitative estimate of drug-likeness (QED) is 0.856. The van der Waals surface area contributed by atoms with Gasteiger partial charge in [-0.3, -0.25) is 4.79 Å². The van der Waals surface area contributed by atoms with Crippen molar-refractivity contribution >= 4 is 28.9 Å². The number of methoxy groups -OCH3 is 2. The van der Waals surface area contributed by atoms with Crippen molar-refractivity contribution in [3.8, 4) is 11.5 Å². The van der Waals surface area contributed by atoms with Crippen LogP contribution in [0.2, 0.25) is 5.02 Å². The Kier molecular flexibility index (Phi) is 5.49. The highest BCUT2D eigenvalue weighted by atomic mass is 35.5. The SMILES string of the molecule is COc1ccccc1NCC(=O)Nc1cc(Cl)ccc1OC. The van der Waals surface area contributed by atoms with Gasteiger partial charge in [-0.25, -0.2) is 0 Å². The second-order valence-electron chi connectivity index (χ2n) is 4.45. The highest BCUT2D eigenvalue weighted by Gasteiger charge is 2.09. The first kappa shape index (κ1) is 16.0. The molecule has 0 bridgehead atoms. The number of amides is 1. The summed E-state index contributed by atoms with van der Waals surface area (Å²) in [6, 6.07) is 12.4. The van der Waals surface area contributed by atoms with E-state index in [9.17, 15) is 4.79 Å². The molecule has 0 aliphatic carbocycles. The van der Waals surface area contributed by atoms with Gasteiger partial charge in [0.25, 0.3) is 0 Å². The molecule has 5 nitrogen and oxygen atoms in total. The highest BCUT2D eigenvalue weighted by Crippen LogP contribution is 2.27. The van der Waals surface area contributed by atoms with Crippen molar-refractivity contribution in [2.24, 2.45) is 0 Å². The van der Waals surface area contributed by atoms with Gasteiger partial charge in [0, 0.05) is 5.02 Å². The van der Waals surface area contributed by atoms with Crippen molar-refractivity contribution in [1.82, 2.24) is 0 Å². The average Bonchev–Trinajstić information content (AvgIpc) is 2.53. The predicted octanol–water partition coefficient (Wildman–Crippen LogP) is 3.41. The molecule has 2 N–H and O–H groups in total. The van der Waals surface area contributed by atoms with Gasteiger partial charge in [-0.15, -0.1) is 0 Å². The number of para-hydroxylation sites is 2. The summed E-state index contributed by atoms with van der Waals surface area (Å²) in [4.78, 5) is 12.1. The molecule has 2 aromatic rings. The van der Waals surface area contributed by atoms with Crippen molar-refractivity contribution in [2.45, 2.75) is 0 Å². The van der Waals surface area contributed by atoms with Crippen LogP contribution in [0.5, 0.6) is 11.5 Å². The normalized spacial score (nSPS) is 9.95. The van der Waals surface area contributed by atoms with E-state index in [1.807, 2.05) is 24.3 Å². The van der Waals surface area contributed by atoms with Crippen molar-refractivity contribution in [3.63, 3.8) is 0 Å². The maximum absolute atomic E-state index is 12.1. The Balaban J connectivity index is 2.00.